The van der Waals surface area contributed by atoms with Crippen molar-refractivity contribution in [2.75, 3.05) is 0 Å². The van der Waals surface area contributed by atoms with Gasteiger partial charge in [0.05, 0.1) is 5.69 Å². The molecule has 4 atom stereocenters. The molecular formula is C29H37N. The Labute approximate surface area is 182 Å². The van der Waals surface area contributed by atoms with E-state index in [4.69, 9.17) is 4.98 Å². The molecule has 1 aromatic carbocycles. The first kappa shape index (κ1) is 19.1. The van der Waals surface area contributed by atoms with E-state index in [0.717, 1.165) is 11.6 Å². The van der Waals surface area contributed by atoms with Crippen molar-refractivity contribution < 1.29 is 0 Å². The Hall–Kier alpha value is -1.63. The molecule has 0 amide bonds. The monoisotopic (exact) mass is 399 g/mol. The number of pyridine rings is 1. The number of aromatic nitrogens is 1. The summed E-state index contributed by atoms with van der Waals surface area (Å²) in [4.78, 5) is 5.04. The molecule has 0 aliphatic heterocycles. The normalized spacial score (nSPS) is 40.1. The zero-order valence-corrected chi connectivity index (χ0v) is 20.3. The summed E-state index contributed by atoms with van der Waals surface area (Å²) < 4.78 is 0. The van der Waals surface area contributed by atoms with E-state index in [0.29, 0.717) is 16.2 Å². The summed E-state index contributed by atoms with van der Waals surface area (Å²) in [7, 11) is 0. The van der Waals surface area contributed by atoms with Gasteiger partial charge in [0, 0.05) is 17.2 Å². The second-order valence-electron chi connectivity index (χ2n) is 13.3. The number of hydrogen-bond donors (Lipinski definition) is 0. The number of hydrogen-bond acceptors (Lipinski definition) is 1. The molecule has 2 aromatic rings. The molecule has 6 rings (SSSR count). The van der Waals surface area contributed by atoms with Crippen molar-refractivity contribution in [3.63, 3.8) is 0 Å². The van der Waals surface area contributed by atoms with Gasteiger partial charge in [0.25, 0.3) is 0 Å². The van der Waals surface area contributed by atoms with Gasteiger partial charge in [-0.3, -0.25) is 4.98 Å². The molecule has 1 nitrogen and oxygen atoms in total. The molecule has 1 heteroatoms. The van der Waals surface area contributed by atoms with Crippen LogP contribution in [0.15, 0.2) is 30.5 Å². The lowest BCUT2D eigenvalue weighted by Gasteiger charge is -2.75. The molecule has 4 unspecified atom stereocenters. The van der Waals surface area contributed by atoms with E-state index in [1.54, 1.807) is 5.56 Å². The Morgan fingerprint density at radius 1 is 0.800 bits per heavy atom. The molecule has 2 fully saturated rings. The van der Waals surface area contributed by atoms with E-state index < -0.39 is 0 Å². The van der Waals surface area contributed by atoms with Crippen LogP contribution in [0, 0.1) is 16.2 Å². The SMILES string of the molecule is CC12CC3c4cc(-c5ccc6c(c5)C(C)(C)C(C)(C)C6(C)C)ncc4C(C)(C1)C32C. The third kappa shape index (κ3) is 1.59. The lowest BCUT2D eigenvalue weighted by molar-refractivity contribution is -0.227. The molecule has 0 radical (unpaired) electrons. The van der Waals surface area contributed by atoms with Crippen LogP contribution < -0.4 is 0 Å². The molecule has 0 saturated heterocycles. The standard InChI is InChI=1S/C29H37N/c1-24(2)19-11-10-17(12-20(19)25(3,4)26(24,5)6)23-13-18-21-14-27(7)16-28(8,29(21,27)9)22(18)15-30-23/h10-13,15,21H,14,16H2,1-9H3. The van der Waals surface area contributed by atoms with Crippen molar-refractivity contribution in [1.82, 2.24) is 4.98 Å². The van der Waals surface area contributed by atoms with Crippen LogP contribution in [0.5, 0.6) is 0 Å². The highest BCUT2D eigenvalue weighted by Gasteiger charge is 2.80. The highest BCUT2D eigenvalue weighted by Crippen LogP contribution is 2.87. The molecule has 0 bridgehead atoms. The molecule has 4 aliphatic rings. The minimum Gasteiger partial charge on any atom is -0.256 e. The summed E-state index contributed by atoms with van der Waals surface area (Å²) >= 11 is 0. The Bertz CT molecular complexity index is 1140. The van der Waals surface area contributed by atoms with Gasteiger partial charge in [0.1, 0.15) is 0 Å². The van der Waals surface area contributed by atoms with Crippen molar-refractivity contribution in [3.8, 4) is 11.3 Å². The molecule has 0 spiro atoms. The minimum absolute atomic E-state index is 0.133. The van der Waals surface area contributed by atoms with Crippen LogP contribution in [0.3, 0.4) is 0 Å². The zero-order valence-electron chi connectivity index (χ0n) is 20.3. The fraction of sp³-hybridized carbons (Fsp3) is 0.621. The van der Waals surface area contributed by atoms with E-state index >= 15 is 0 Å². The van der Waals surface area contributed by atoms with Crippen molar-refractivity contribution in [2.24, 2.45) is 16.2 Å². The fourth-order valence-corrected chi connectivity index (χ4v) is 8.71. The summed E-state index contributed by atoms with van der Waals surface area (Å²) in [6, 6.07) is 9.63. The maximum absolute atomic E-state index is 5.04. The summed E-state index contributed by atoms with van der Waals surface area (Å²) in [5.74, 6) is 0.724. The van der Waals surface area contributed by atoms with Gasteiger partial charge in [0.2, 0.25) is 0 Å². The van der Waals surface area contributed by atoms with Crippen LogP contribution >= 0.6 is 0 Å². The topological polar surface area (TPSA) is 12.9 Å². The summed E-state index contributed by atoms with van der Waals surface area (Å²) in [5.41, 5.74) is 10.4. The maximum atomic E-state index is 5.04. The predicted octanol–water partition coefficient (Wildman–Crippen LogP) is 7.52. The van der Waals surface area contributed by atoms with Gasteiger partial charge in [-0.2, -0.15) is 0 Å². The number of nitrogens with zero attached hydrogens (tertiary/aromatic N) is 1. The van der Waals surface area contributed by atoms with Crippen LogP contribution in [-0.4, -0.2) is 4.98 Å². The number of benzene rings is 1. The van der Waals surface area contributed by atoms with Gasteiger partial charge in [-0.15, -0.1) is 0 Å². The molecule has 0 N–H and O–H groups in total. The quantitative estimate of drug-likeness (QED) is 0.483. The summed E-state index contributed by atoms with van der Waals surface area (Å²) in [6.45, 7) is 22.1. The predicted molar refractivity (Wildman–Crippen MR) is 125 cm³/mol. The van der Waals surface area contributed by atoms with Crippen molar-refractivity contribution >= 4 is 0 Å². The van der Waals surface area contributed by atoms with Crippen LogP contribution in [0.25, 0.3) is 11.3 Å². The smallest absolute Gasteiger partial charge is 0.0705 e. The molecular weight excluding hydrogens is 362 g/mol. The first-order valence-electron chi connectivity index (χ1n) is 11.9. The lowest BCUT2D eigenvalue weighted by atomic mass is 9.28. The largest absolute Gasteiger partial charge is 0.256 e. The van der Waals surface area contributed by atoms with E-state index in [-0.39, 0.29) is 16.2 Å². The Morgan fingerprint density at radius 2 is 1.47 bits per heavy atom. The van der Waals surface area contributed by atoms with Crippen LogP contribution in [0.1, 0.15) is 103 Å². The summed E-state index contributed by atoms with van der Waals surface area (Å²) in [5, 5.41) is 0. The maximum Gasteiger partial charge on any atom is 0.0705 e. The van der Waals surface area contributed by atoms with E-state index in [2.05, 4.69) is 92.8 Å². The average molecular weight is 400 g/mol. The van der Waals surface area contributed by atoms with E-state index in [1.165, 1.54) is 35.1 Å². The highest BCUT2D eigenvalue weighted by atomic mass is 14.9. The van der Waals surface area contributed by atoms with Gasteiger partial charge in [-0.05, 0) is 80.2 Å². The lowest BCUT2D eigenvalue weighted by Crippen LogP contribution is -2.70. The molecule has 1 aromatic heterocycles. The Morgan fingerprint density at radius 3 is 2.13 bits per heavy atom. The van der Waals surface area contributed by atoms with Gasteiger partial charge >= 0.3 is 0 Å². The molecule has 2 saturated carbocycles. The fourth-order valence-electron chi connectivity index (χ4n) is 8.71. The van der Waals surface area contributed by atoms with E-state index in [9.17, 15) is 0 Å². The second-order valence-corrected chi connectivity index (χ2v) is 13.3. The number of rotatable bonds is 1. The second kappa shape index (κ2) is 4.74. The van der Waals surface area contributed by atoms with Crippen LogP contribution in [0.4, 0.5) is 0 Å². The first-order valence-corrected chi connectivity index (χ1v) is 11.9. The Balaban J connectivity index is 1.48. The van der Waals surface area contributed by atoms with Crippen LogP contribution in [0.2, 0.25) is 0 Å². The summed E-state index contributed by atoms with van der Waals surface area (Å²) in [6.07, 6.45) is 4.92. The number of fused-ring (bicyclic) bond motifs is 4. The van der Waals surface area contributed by atoms with Crippen molar-refractivity contribution in [2.45, 2.75) is 97.3 Å². The van der Waals surface area contributed by atoms with Gasteiger partial charge in [-0.1, -0.05) is 74.4 Å². The molecule has 158 valence electrons. The molecule has 1 heterocycles. The van der Waals surface area contributed by atoms with Gasteiger partial charge in [0.15, 0.2) is 0 Å². The van der Waals surface area contributed by atoms with Crippen molar-refractivity contribution in [3.05, 3.63) is 52.7 Å². The van der Waals surface area contributed by atoms with Crippen molar-refractivity contribution in [1.29, 1.82) is 0 Å². The zero-order chi connectivity index (χ0) is 21.7. The third-order valence-corrected chi connectivity index (χ3v) is 12.2. The average Bonchev–Trinajstić information content (AvgIpc) is 2.81. The van der Waals surface area contributed by atoms with E-state index in [1.807, 2.05) is 0 Å². The van der Waals surface area contributed by atoms with Gasteiger partial charge in [-0.25, -0.2) is 0 Å². The molecule has 30 heavy (non-hydrogen) atoms. The third-order valence-electron chi connectivity index (χ3n) is 12.2. The minimum atomic E-state index is 0.133. The highest BCUT2D eigenvalue weighted by molar-refractivity contribution is 5.68. The first-order chi connectivity index (χ1) is 13.7. The van der Waals surface area contributed by atoms with Gasteiger partial charge < -0.3 is 0 Å². The van der Waals surface area contributed by atoms with Crippen LogP contribution in [-0.2, 0) is 16.2 Å². The molecule has 4 aliphatic carbocycles. The Kier molecular flexibility index (Phi) is 3.02.